The van der Waals surface area contributed by atoms with Crippen molar-refractivity contribution < 1.29 is 22.1 Å². The molecule has 122 valence electrons. The topological polar surface area (TPSA) is 72.9 Å². The molecule has 1 aromatic carbocycles. The summed E-state index contributed by atoms with van der Waals surface area (Å²) in [6.07, 6.45) is 1.96. The Labute approximate surface area is 131 Å². The minimum atomic E-state index is -3.41. The van der Waals surface area contributed by atoms with E-state index in [0.717, 1.165) is 11.8 Å². The first-order chi connectivity index (χ1) is 10.4. The van der Waals surface area contributed by atoms with E-state index in [1.807, 2.05) is 35.2 Å². The second kappa shape index (κ2) is 7.71. The highest BCUT2D eigenvalue weighted by Crippen LogP contribution is 2.15. The maximum Gasteiger partial charge on any atom is 0.320 e. The summed E-state index contributed by atoms with van der Waals surface area (Å²) in [6.45, 7) is 1.74. The van der Waals surface area contributed by atoms with Gasteiger partial charge in [0.1, 0.15) is 6.61 Å². The number of hydrogen-bond acceptors (Lipinski definition) is 6. The number of ether oxygens (including phenoxy) is 1. The molecule has 0 radical (unpaired) electrons. The number of nitrogens with zero attached hydrogens (tertiary/aromatic N) is 1. The van der Waals surface area contributed by atoms with Crippen LogP contribution >= 0.6 is 0 Å². The van der Waals surface area contributed by atoms with Gasteiger partial charge in [-0.15, -0.1) is 0 Å². The minimum absolute atomic E-state index is 0.221. The molecule has 7 heteroatoms. The summed E-state index contributed by atoms with van der Waals surface area (Å²) >= 11 is 0. The van der Waals surface area contributed by atoms with Crippen molar-refractivity contribution in [1.29, 1.82) is 0 Å². The van der Waals surface area contributed by atoms with Gasteiger partial charge in [-0.3, -0.25) is 13.9 Å². The summed E-state index contributed by atoms with van der Waals surface area (Å²) in [5, 5.41) is 0. The van der Waals surface area contributed by atoms with Crippen LogP contribution in [-0.4, -0.2) is 51.3 Å². The van der Waals surface area contributed by atoms with Gasteiger partial charge in [0, 0.05) is 13.1 Å². The first-order valence-corrected chi connectivity index (χ1v) is 9.04. The third-order valence-corrected chi connectivity index (χ3v) is 4.06. The lowest BCUT2D eigenvalue weighted by Gasteiger charge is -2.30. The summed E-state index contributed by atoms with van der Waals surface area (Å²) < 4.78 is 32.3. The molecule has 1 heterocycles. The number of hydrogen-bond donors (Lipinski definition) is 0. The Morgan fingerprint density at radius 2 is 1.86 bits per heavy atom. The molecule has 0 bridgehead atoms. The molecule has 1 aromatic rings. The van der Waals surface area contributed by atoms with Crippen molar-refractivity contribution in [1.82, 2.24) is 4.90 Å². The summed E-state index contributed by atoms with van der Waals surface area (Å²) in [5.41, 5.74) is 0.955. The molecule has 0 atom stereocenters. The molecule has 2 rings (SSSR count). The van der Waals surface area contributed by atoms with Crippen molar-refractivity contribution in [3.05, 3.63) is 35.9 Å². The molecule has 0 N–H and O–H groups in total. The van der Waals surface area contributed by atoms with E-state index in [1.54, 1.807) is 0 Å². The first-order valence-electron chi connectivity index (χ1n) is 7.22. The lowest BCUT2D eigenvalue weighted by Crippen LogP contribution is -2.40. The Morgan fingerprint density at radius 1 is 1.23 bits per heavy atom. The van der Waals surface area contributed by atoms with Crippen LogP contribution in [0.5, 0.6) is 0 Å². The second-order valence-electron chi connectivity index (χ2n) is 5.42. The SMILES string of the molecule is CS(=O)(=O)OC1CCN(CC(=O)OCc2ccccc2)CC1. The van der Waals surface area contributed by atoms with Crippen LogP contribution in [0.2, 0.25) is 0 Å². The predicted octanol–water partition coefficient (Wildman–Crippen LogP) is 1.17. The highest BCUT2D eigenvalue weighted by atomic mass is 32.2. The zero-order valence-corrected chi connectivity index (χ0v) is 13.4. The lowest BCUT2D eigenvalue weighted by atomic mass is 10.1. The van der Waals surface area contributed by atoms with Gasteiger partial charge in [-0.2, -0.15) is 8.42 Å². The summed E-state index contributed by atoms with van der Waals surface area (Å²) in [7, 11) is -3.41. The standard InChI is InChI=1S/C15H21NO5S/c1-22(18,19)21-14-7-9-16(10-8-14)11-15(17)20-12-13-5-3-2-4-6-13/h2-6,14H,7-12H2,1H3. The first kappa shape index (κ1) is 16.9. The van der Waals surface area contributed by atoms with E-state index in [4.69, 9.17) is 8.92 Å². The fourth-order valence-corrected chi connectivity index (χ4v) is 3.06. The number of piperidine rings is 1. The van der Waals surface area contributed by atoms with Gasteiger partial charge in [-0.1, -0.05) is 30.3 Å². The summed E-state index contributed by atoms with van der Waals surface area (Å²) in [5.74, 6) is -0.272. The van der Waals surface area contributed by atoms with Crippen molar-refractivity contribution in [3.8, 4) is 0 Å². The van der Waals surface area contributed by atoms with Crippen LogP contribution in [0.3, 0.4) is 0 Å². The van der Waals surface area contributed by atoms with E-state index in [-0.39, 0.29) is 25.2 Å². The molecule has 0 aromatic heterocycles. The lowest BCUT2D eigenvalue weighted by molar-refractivity contribution is -0.146. The Balaban J connectivity index is 1.68. The van der Waals surface area contributed by atoms with E-state index < -0.39 is 10.1 Å². The van der Waals surface area contributed by atoms with E-state index in [1.165, 1.54) is 0 Å². The van der Waals surface area contributed by atoms with Gasteiger partial charge >= 0.3 is 5.97 Å². The number of likely N-dealkylation sites (tertiary alicyclic amines) is 1. The molecule has 1 aliphatic rings. The molecule has 1 fully saturated rings. The van der Waals surface area contributed by atoms with E-state index >= 15 is 0 Å². The minimum Gasteiger partial charge on any atom is -0.460 e. The summed E-state index contributed by atoms with van der Waals surface area (Å²) in [6, 6.07) is 9.52. The largest absolute Gasteiger partial charge is 0.460 e. The average molecular weight is 327 g/mol. The zero-order chi connectivity index (χ0) is 16.0. The Hall–Kier alpha value is -1.44. The average Bonchev–Trinajstić information content (AvgIpc) is 2.47. The number of esters is 1. The molecule has 0 aliphatic carbocycles. The molecule has 0 unspecified atom stereocenters. The predicted molar refractivity (Wildman–Crippen MR) is 81.6 cm³/mol. The van der Waals surface area contributed by atoms with E-state index in [9.17, 15) is 13.2 Å². The van der Waals surface area contributed by atoms with Gasteiger partial charge in [0.15, 0.2) is 0 Å². The van der Waals surface area contributed by atoms with Gasteiger partial charge in [-0.25, -0.2) is 0 Å². The van der Waals surface area contributed by atoms with Crippen molar-refractivity contribution in [2.75, 3.05) is 25.9 Å². The molecule has 1 aliphatic heterocycles. The van der Waals surface area contributed by atoms with Gasteiger partial charge < -0.3 is 4.74 Å². The Bertz CT molecular complexity index is 579. The summed E-state index contributed by atoms with van der Waals surface area (Å²) in [4.78, 5) is 13.8. The van der Waals surface area contributed by atoms with Crippen LogP contribution in [-0.2, 0) is 30.4 Å². The van der Waals surface area contributed by atoms with Crippen molar-refractivity contribution in [2.24, 2.45) is 0 Å². The van der Waals surface area contributed by atoms with Gasteiger partial charge in [-0.05, 0) is 18.4 Å². The third-order valence-electron chi connectivity index (χ3n) is 3.44. The quantitative estimate of drug-likeness (QED) is 0.577. The maximum atomic E-state index is 11.8. The van der Waals surface area contributed by atoms with Crippen LogP contribution < -0.4 is 0 Å². The van der Waals surface area contributed by atoms with E-state index in [2.05, 4.69) is 0 Å². The zero-order valence-electron chi connectivity index (χ0n) is 12.6. The van der Waals surface area contributed by atoms with Crippen LogP contribution in [0.4, 0.5) is 0 Å². The molecule has 0 amide bonds. The number of carbonyl (C=O) groups is 1. The monoisotopic (exact) mass is 327 g/mol. The van der Waals surface area contributed by atoms with Gasteiger partial charge in [0.25, 0.3) is 10.1 Å². The van der Waals surface area contributed by atoms with Crippen molar-refractivity contribution >= 4 is 16.1 Å². The molecular formula is C15H21NO5S. The van der Waals surface area contributed by atoms with Crippen LogP contribution in [0.15, 0.2) is 30.3 Å². The number of benzene rings is 1. The molecule has 0 saturated carbocycles. The highest BCUT2D eigenvalue weighted by molar-refractivity contribution is 7.86. The number of rotatable bonds is 6. The van der Waals surface area contributed by atoms with Crippen LogP contribution in [0.25, 0.3) is 0 Å². The van der Waals surface area contributed by atoms with E-state index in [0.29, 0.717) is 25.9 Å². The van der Waals surface area contributed by atoms with Gasteiger partial charge in [0.2, 0.25) is 0 Å². The molecular weight excluding hydrogens is 306 g/mol. The molecule has 1 saturated heterocycles. The Morgan fingerprint density at radius 3 is 2.45 bits per heavy atom. The van der Waals surface area contributed by atoms with Crippen LogP contribution in [0, 0.1) is 0 Å². The molecule has 22 heavy (non-hydrogen) atoms. The van der Waals surface area contributed by atoms with Crippen LogP contribution in [0.1, 0.15) is 18.4 Å². The normalized spacial score (nSPS) is 17.3. The fraction of sp³-hybridized carbons (Fsp3) is 0.533. The maximum absolute atomic E-state index is 11.8. The highest BCUT2D eigenvalue weighted by Gasteiger charge is 2.24. The number of carbonyl (C=O) groups excluding carboxylic acids is 1. The molecule has 0 spiro atoms. The smallest absolute Gasteiger partial charge is 0.320 e. The van der Waals surface area contributed by atoms with Crippen molar-refractivity contribution in [2.45, 2.75) is 25.6 Å². The molecule has 6 nitrogen and oxygen atoms in total. The van der Waals surface area contributed by atoms with Gasteiger partial charge in [0.05, 0.1) is 18.9 Å². The van der Waals surface area contributed by atoms with Crippen molar-refractivity contribution in [3.63, 3.8) is 0 Å². The second-order valence-corrected chi connectivity index (χ2v) is 7.02. The Kier molecular flexibility index (Phi) is 5.93. The fourth-order valence-electron chi connectivity index (χ4n) is 2.38. The third kappa shape index (κ3) is 6.13.